The molecule has 0 radical (unpaired) electrons. The SMILES string of the molecule is NCC1(CO)CC12CCC(C(F)(F)F)CC2. The zero-order valence-corrected chi connectivity index (χ0v) is 9.19. The summed E-state index contributed by atoms with van der Waals surface area (Å²) in [6.07, 6.45) is -1.72. The molecular weight excluding hydrogens is 219 g/mol. The fraction of sp³-hybridized carbons (Fsp3) is 1.00. The number of nitrogens with two attached hydrogens (primary N) is 1. The van der Waals surface area contributed by atoms with Crippen molar-refractivity contribution >= 4 is 0 Å². The lowest BCUT2D eigenvalue weighted by atomic mass is 9.75. The average molecular weight is 237 g/mol. The molecule has 1 unspecified atom stereocenters. The van der Waals surface area contributed by atoms with Gasteiger partial charge in [-0.05, 0) is 37.5 Å². The van der Waals surface area contributed by atoms with Crippen LogP contribution in [0.25, 0.3) is 0 Å². The Bertz CT molecular complexity index is 265. The van der Waals surface area contributed by atoms with Gasteiger partial charge < -0.3 is 10.8 Å². The lowest BCUT2D eigenvalue weighted by molar-refractivity contribution is -0.185. The summed E-state index contributed by atoms with van der Waals surface area (Å²) in [5.74, 6) is -1.15. The van der Waals surface area contributed by atoms with Gasteiger partial charge in [-0.25, -0.2) is 0 Å². The summed E-state index contributed by atoms with van der Waals surface area (Å²) in [4.78, 5) is 0. The molecule has 2 aliphatic rings. The number of alkyl halides is 3. The third-order valence-electron chi connectivity index (χ3n) is 4.78. The molecule has 1 spiro atoms. The van der Waals surface area contributed by atoms with Crippen LogP contribution in [0.4, 0.5) is 13.2 Å². The van der Waals surface area contributed by atoms with Crippen LogP contribution in [0.5, 0.6) is 0 Å². The van der Waals surface area contributed by atoms with Crippen molar-refractivity contribution < 1.29 is 18.3 Å². The van der Waals surface area contributed by atoms with Gasteiger partial charge in [0.1, 0.15) is 0 Å². The first-order chi connectivity index (χ1) is 7.39. The van der Waals surface area contributed by atoms with Crippen LogP contribution in [-0.2, 0) is 0 Å². The smallest absolute Gasteiger partial charge is 0.391 e. The molecule has 0 aromatic carbocycles. The number of halogens is 3. The van der Waals surface area contributed by atoms with Crippen LogP contribution in [-0.4, -0.2) is 24.4 Å². The molecule has 2 nitrogen and oxygen atoms in total. The molecule has 2 saturated carbocycles. The minimum atomic E-state index is -4.05. The monoisotopic (exact) mass is 237 g/mol. The summed E-state index contributed by atoms with van der Waals surface area (Å²) in [7, 11) is 0. The average Bonchev–Trinajstić information content (AvgIpc) is 2.86. The highest BCUT2D eigenvalue weighted by Crippen LogP contribution is 2.70. The van der Waals surface area contributed by atoms with E-state index in [0.29, 0.717) is 19.4 Å². The first-order valence-electron chi connectivity index (χ1n) is 5.77. The maximum absolute atomic E-state index is 12.5. The van der Waals surface area contributed by atoms with Gasteiger partial charge in [-0.2, -0.15) is 13.2 Å². The Morgan fingerprint density at radius 3 is 2.12 bits per heavy atom. The van der Waals surface area contributed by atoms with E-state index in [1.807, 2.05) is 0 Å². The summed E-state index contributed by atoms with van der Waals surface area (Å²) in [5.41, 5.74) is 5.26. The van der Waals surface area contributed by atoms with Gasteiger partial charge in [-0.3, -0.25) is 0 Å². The highest BCUT2D eigenvalue weighted by atomic mass is 19.4. The molecule has 0 heterocycles. The molecule has 2 rings (SSSR count). The first kappa shape index (κ1) is 12.2. The Morgan fingerprint density at radius 2 is 1.81 bits per heavy atom. The maximum Gasteiger partial charge on any atom is 0.391 e. The van der Waals surface area contributed by atoms with Crippen molar-refractivity contribution in [1.82, 2.24) is 0 Å². The normalized spacial score (nSPS) is 43.7. The molecule has 0 aromatic heterocycles. The van der Waals surface area contributed by atoms with Gasteiger partial charge in [0, 0.05) is 12.0 Å². The zero-order valence-electron chi connectivity index (χ0n) is 9.19. The van der Waals surface area contributed by atoms with E-state index in [4.69, 9.17) is 5.73 Å². The molecule has 1 atom stereocenters. The van der Waals surface area contributed by atoms with Crippen LogP contribution < -0.4 is 5.73 Å². The second-order valence-corrected chi connectivity index (χ2v) is 5.42. The van der Waals surface area contributed by atoms with Crippen molar-refractivity contribution in [2.45, 2.75) is 38.3 Å². The second kappa shape index (κ2) is 3.60. The third kappa shape index (κ3) is 1.64. The minimum Gasteiger partial charge on any atom is -0.396 e. The van der Waals surface area contributed by atoms with E-state index >= 15 is 0 Å². The van der Waals surface area contributed by atoms with Gasteiger partial charge in [0.15, 0.2) is 0 Å². The molecule has 0 saturated heterocycles. The second-order valence-electron chi connectivity index (χ2n) is 5.42. The molecule has 0 amide bonds. The van der Waals surface area contributed by atoms with Crippen molar-refractivity contribution in [3.05, 3.63) is 0 Å². The molecule has 0 aliphatic heterocycles. The Morgan fingerprint density at radius 1 is 1.25 bits per heavy atom. The molecule has 2 fully saturated rings. The van der Waals surface area contributed by atoms with Crippen molar-refractivity contribution in [3.8, 4) is 0 Å². The van der Waals surface area contributed by atoms with Gasteiger partial charge in [0.2, 0.25) is 0 Å². The molecule has 0 aromatic rings. The Labute approximate surface area is 93.0 Å². The van der Waals surface area contributed by atoms with E-state index in [-0.39, 0.29) is 30.3 Å². The maximum atomic E-state index is 12.5. The Kier molecular flexibility index (Phi) is 2.74. The van der Waals surface area contributed by atoms with Crippen LogP contribution in [0.1, 0.15) is 32.1 Å². The van der Waals surface area contributed by atoms with Crippen molar-refractivity contribution in [1.29, 1.82) is 0 Å². The number of hydrogen-bond acceptors (Lipinski definition) is 2. The van der Waals surface area contributed by atoms with Gasteiger partial charge >= 0.3 is 6.18 Å². The van der Waals surface area contributed by atoms with Gasteiger partial charge in [-0.1, -0.05) is 0 Å². The molecule has 16 heavy (non-hydrogen) atoms. The van der Waals surface area contributed by atoms with E-state index in [2.05, 4.69) is 0 Å². The third-order valence-corrected chi connectivity index (χ3v) is 4.78. The summed E-state index contributed by atoms with van der Waals surface area (Å²) in [6.45, 7) is 0.403. The number of rotatable bonds is 2. The van der Waals surface area contributed by atoms with Crippen molar-refractivity contribution in [3.63, 3.8) is 0 Å². The fourth-order valence-corrected chi connectivity index (χ4v) is 3.39. The van der Waals surface area contributed by atoms with Gasteiger partial charge in [-0.15, -0.1) is 0 Å². The Hall–Kier alpha value is -0.290. The first-order valence-corrected chi connectivity index (χ1v) is 5.77. The summed E-state index contributed by atoms with van der Waals surface area (Å²) < 4.78 is 37.5. The van der Waals surface area contributed by atoms with Crippen LogP contribution >= 0.6 is 0 Å². The highest BCUT2D eigenvalue weighted by Gasteiger charge is 2.66. The predicted octanol–water partition coefficient (Wildman–Crippen LogP) is 2.07. The van der Waals surface area contributed by atoms with Crippen LogP contribution in [0, 0.1) is 16.7 Å². The molecule has 5 heteroatoms. The van der Waals surface area contributed by atoms with E-state index in [1.165, 1.54) is 0 Å². The summed E-state index contributed by atoms with van der Waals surface area (Å²) >= 11 is 0. The fourth-order valence-electron chi connectivity index (χ4n) is 3.39. The molecule has 3 N–H and O–H groups in total. The van der Waals surface area contributed by atoms with Gasteiger partial charge in [0.25, 0.3) is 0 Å². The van der Waals surface area contributed by atoms with Crippen molar-refractivity contribution in [2.24, 2.45) is 22.5 Å². The summed E-state index contributed by atoms with van der Waals surface area (Å²) in [5, 5.41) is 9.30. The van der Waals surface area contributed by atoms with Crippen molar-refractivity contribution in [2.75, 3.05) is 13.2 Å². The predicted molar refractivity (Wildman–Crippen MR) is 53.6 cm³/mol. The van der Waals surface area contributed by atoms with E-state index < -0.39 is 12.1 Å². The number of hydrogen-bond donors (Lipinski definition) is 2. The van der Waals surface area contributed by atoms with Crippen LogP contribution in [0.2, 0.25) is 0 Å². The topological polar surface area (TPSA) is 46.2 Å². The van der Waals surface area contributed by atoms with E-state index in [9.17, 15) is 18.3 Å². The standard InChI is InChI=1S/C11H18F3NO/c12-11(13,14)8-1-3-9(4-2-8)5-10(9,6-15)7-16/h8,16H,1-7,15H2. The van der Waals surface area contributed by atoms with Crippen LogP contribution in [0.15, 0.2) is 0 Å². The largest absolute Gasteiger partial charge is 0.396 e. The highest BCUT2D eigenvalue weighted by molar-refractivity contribution is 5.16. The van der Waals surface area contributed by atoms with E-state index in [0.717, 1.165) is 6.42 Å². The quantitative estimate of drug-likeness (QED) is 0.772. The molecule has 0 bridgehead atoms. The van der Waals surface area contributed by atoms with Gasteiger partial charge in [0.05, 0.1) is 12.5 Å². The minimum absolute atomic E-state index is 0.0141. The Balaban J connectivity index is 1.97. The molecule has 2 aliphatic carbocycles. The van der Waals surface area contributed by atoms with Crippen LogP contribution in [0.3, 0.4) is 0 Å². The number of aliphatic hydroxyl groups is 1. The number of aliphatic hydroxyl groups excluding tert-OH is 1. The molecule has 94 valence electrons. The van der Waals surface area contributed by atoms with E-state index in [1.54, 1.807) is 0 Å². The zero-order chi connectivity index (χ0) is 12.0. The summed E-state index contributed by atoms with van der Waals surface area (Å²) in [6, 6.07) is 0. The lowest BCUT2D eigenvalue weighted by Crippen LogP contribution is -2.33. The molecular formula is C11H18F3NO. The lowest BCUT2D eigenvalue weighted by Gasteiger charge is -2.33.